The number of aryl methyl sites for hydroxylation is 1. The fourth-order valence-corrected chi connectivity index (χ4v) is 2.82. The molecule has 0 saturated carbocycles. The zero-order chi connectivity index (χ0) is 18.7. The Balaban J connectivity index is 1.78. The van der Waals surface area contributed by atoms with Gasteiger partial charge in [-0.1, -0.05) is 12.2 Å². The van der Waals surface area contributed by atoms with Gasteiger partial charge in [0.1, 0.15) is 0 Å². The molecule has 0 fully saturated rings. The first-order valence-electron chi connectivity index (χ1n) is 8.14. The number of nitrogens with one attached hydrogen (secondary N) is 1. The monoisotopic (exact) mass is 351 g/mol. The summed E-state index contributed by atoms with van der Waals surface area (Å²) in [4.78, 5) is 22.5. The molecule has 8 heteroatoms. The summed E-state index contributed by atoms with van der Waals surface area (Å²) in [6.45, 7) is 6.35. The number of hydrogen-bond donors (Lipinski definition) is 2. The molecule has 0 aromatic carbocycles. The molecular weight excluding hydrogens is 330 g/mol. The number of nitrogens with zero attached hydrogens (tertiary/aromatic N) is 5. The number of fused-ring (bicyclic) bond motifs is 1. The van der Waals surface area contributed by atoms with Gasteiger partial charge in [-0.25, -0.2) is 9.78 Å². The van der Waals surface area contributed by atoms with E-state index in [2.05, 4.69) is 27.1 Å². The number of aromatic nitrogens is 3. The van der Waals surface area contributed by atoms with Crippen molar-refractivity contribution in [1.29, 1.82) is 0 Å². The Morgan fingerprint density at radius 3 is 2.92 bits per heavy atom. The molecule has 1 aliphatic heterocycles. The molecule has 8 nitrogen and oxygen atoms in total. The van der Waals surface area contributed by atoms with Gasteiger partial charge in [-0.15, -0.1) is 0 Å². The van der Waals surface area contributed by atoms with Crippen LogP contribution in [0.15, 0.2) is 41.7 Å². The minimum atomic E-state index is -0.264. The number of urea groups is 1. The molecule has 1 aliphatic rings. The smallest absolute Gasteiger partial charge is 0.323 e. The topological polar surface area (TPSA) is 101 Å². The lowest BCUT2D eigenvalue weighted by molar-refractivity contribution is 0.211. The second-order valence-electron chi connectivity index (χ2n) is 5.96. The summed E-state index contributed by atoms with van der Waals surface area (Å²) in [5, 5.41) is 7.14. The number of aliphatic imine (C=N–C) groups is 1. The van der Waals surface area contributed by atoms with E-state index in [1.165, 1.54) is 0 Å². The third kappa shape index (κ3) is 3.49. The van der Waals surface area contributed by atoms with E-state index in [1.807, 2.05) is 32.3 Å². The number of anilines is 2. The van der Waals surface area contributed by atoms with Crippen molar-refractivity contribution in [2.45, 2.75) is 20.0 Å². The average Bonchev–Trinajstić information content (AvgIpc) is 3.14. The molecule has 3 heterocycles. The van der Waals surface area contributed by atoms with Gasteiger partial charge in [0.2, 0.25) is 0 Å². The van der Waals surface area contributed by atoms with E-state index < -0.39 is 0 Å². The van der Waals surface area contributed by atoms with Crippen LogP contribution in [0, 0.1) is 0 Å². The van der Waals surface area contributed by atoms with Crippen molar-refractivity contribution in [1.82, 2.24) is 19.7 Å². The van der Waals surface area contributed by atoms with Crippen LogP contribution >= 0.6 is 0 Å². The quantitative estimate of drug-likeness (QED) is 0.653. The number of allylic oxidation sites excluding steroid dienone is 3. The summed E-state index contributed by atoms with van der Waals surface area (Å²) in [6.07, 6.45) is 7.27. The van der Waals surface area contributed by atoms with E-state index in [0.717, 1.165) is 16.8 Å². The molecule has 3 rings (SSSR count). The number of hydrogen-bond acceptors (Lipinski definition) is 5. The molecule has 2 amide bonds. The Bertz CT molecular complexity index is 887. The number of pyridine rings is 1. The first-order chi connectivity index (χ1) is 12.5. The van der Waals surface area contributed by atoms with Crippen LogP contribution < -0.4 is 11.1 Å². The first kappa shape index (κ1) is 17.4. The minimum absolute atomic E-state index is 0.264. The van der Waals surface area contributed by atoms with Crippen molar-refractivity contribution in [2.75, 3.05) is 11.1 Å². The van der Waals surface area contributed by atoms with Crippen LogP contribution in [-0.2, 0) is 20.1 Å². The largest absolute Gasteiger partial charge is 0.396 e. The van der Waals surface area contributed by atoms with Gasteiger partial charge in [0.15, 0.2) is 5.82 Å². The van der Waals surface area contributed by atoms with Crippen molar-refractivity contribution >= 4 is 29.8 Å². The summed E-state index contributed by atoms with van der Waals surface area (Å²) < 4.78 is 1.76. The van der Waals surface area contributed by atoms with Gasteiger partial charge < -0.3 is 10.6 Å². The van der Waals surface area contributed by atoms with Crippen molar-refractivity contribution in [3.8, 4) is 0 Å². The molecule has 134 valence electrons. The Kier molecular flexibility index (Phi) is 4.83. The summed E-state index contributed by atoms with van der Waals surface area (Å²) in [5.41, 5.74) is 9.75. The van der Waals surface area contributed by atoms with E-state index in [0.29, 0.717) is 30.3 Å². The summed E-state index contributed by atoms with van der Waals surface area (Å²) >= 11 is 0. The third-order valence-corrected chi connectivity index (χ3v) is 4.00. The zero-order valence-corrected chi connectivity index (χ0v) is 14.8. The lowest BCUT2D eigenvalue weighted by Crippen LogP contribution is -2.31. The Morgan fingerprint density at radius 2 is 2.23 bits per heavy atom. The highest BCUT2D eigenvalue weighted by atomic mass is 16.2. The van der Waals surface area contributed by atoms with Crippen molar-refractivity contribution in [2.24, 2.45) is 12.0 Å². The normalized spacial score (nSPS) is 13.9. The van der Waals surface area contributed by atoms with Crippen LogP contribution in [0.3, 0.4) is 0 Å². The van der Waals surface area contributed by atoms with Crippen molar-refractivity contribution in [3.63, 3.8) is 0 Å². The first-order valence-corrected chi connectivity index (χ1v) is 8.14. The number of carbonyl (C=O) groups is 1. The Labute approximate surface area is 151 Å². The number of carbonyl (C=O) groups excluding carboxylic acids is 1. The summed E-state index contributed by atoms with van der Waals surface area (Å²) in [5.74, 6) is 0.317. The van der Waals surface area contributed by atoms with Crippen molar-refractivity contribution in [3.05, 3.63) is 53.6 Å². The van der Waals surface area contributed by atoms with Gasteiger partial charge in [-0.2, -0.15) is 5.10 Å². The van der Waals surface area contributed by atoms with Crippen LogP contribution in [-0.4, -0.2) is 32.4 Å². The standard InChI is InChI=1S/C18H21N7O/c1-4-5-12(8-20-2)15-7-6-14(19)17(21-15)22-18(26)25-10-13-9-24(3)23-16(13)11-25/h4-9H,2,10-11,19H2,1,3H3,(H,21,22,26)/b5-4-,12-8+. The number of rotatable bonds is 4. The SMILES string of the molecule is C=N/C=C(\C=C/C)c1ccc(N)c(NC(=O)N2Cc3cn(C)nc3C2)n1. The molecule has 0 saturated heterocycles. The van der Waals surface area contributed by atoms with Gasteiger partial charge in [-0.05, 0) is 25.8 Å². The van der Waals surface area contributed by atoms with Crippen LogP contribution in [0.5, 0.6) is 0 Å². The molecule has 3 N–H and O–H groups in total. The lowest BCUT2D eigenvalue weighted by atomic mass is 10.1. The average molecular weight is 351 g/mol. The second-order valence-corrected chi connectivity index (χ2v) is 5.96. The Morgan fingerprint density at radius 1 is 1.42 bits per heavy atom. The highest BCUT2D eigenvalue weighted by Crippen LogP contribution is 2.24. The van der Waals surface area contributed by atoms with Gasteiger partial charge in [0.05, 0.1) is 30.2 Å². The maximum Gasteiger partial charge on any atom is 0.323 e. The molecule has 0 aliphatic carbocycles. The maximum atomic E-state index is 12.6. The molecule has 2 aromatic rings. The predicted octanol–water partition coefficient (Wildman–Crippen LogP) is 2.56. The predicted molar refractivity (Wildman–Crippen MR) is 102 cm³/mol. The van der Waals surface area contributed by atoms with E-state index in [4.69, 9.17) is 5.73 Å². The fraction of sp³-hybridized carbons (Fsp3) is 0.222. The van der Waals surface area contributed by atoms with Gasteiger partial charge >= 0.3 is 6.03 Å². The molecule has 0 atom stereocenters. The third-order valence-electron chi connectivity index (χ3n) is 4.00. The van der Waals surface area contributed by atoms with Crippen LogP contribution in [0.2, 0.25) is 0 Å². The highest BCUT2D eigenvalue weighted by Gasteiger charge is 2.26. The molecule has 2 aromatic heterocycles. The molecule has 0 unspecified atom stereocenters. The molecule has 26 heavy (non-hydrogen) atoms. The number of amides is 2. The maximum absolute atomic E-state index is 12.6. The number of nitrogen functional groups attached to an aromatic ring is 1. The summed E-state index contributed by atoms with van der Waals surface area (Å²) in [6, 6.07) is 3.22. The van der Waals surface area contributed by atoms with Gasteiger partial charge in [0, 0.05) is 30.6 Å². The lowest BCUT2D eigenvalue weighted by Gasteiger charge is -2.17. The van der Waals surface area contributed by atoms with Gasteiger partial charge in [-0.3, -0.25) is 15.0 Å². The molecule has 0 bridgehead atoms. The number of nitrogens with two attached hydrogens (primary N) is 1. The van der Waals surface area contributed by atoms with Crippen LogP contribution in [0.25, 0.3) is 5.57 Å². The van der Waals surface area contributed by atoms with E-state index >= 15 is 0 Å². The van der Waals surface area contributed by atoms with E-state index in [-0.39, 0.29) is 6.03 Å². The van der Waals surface area contributed by atoms with Crippen LogP contribution in [0.1, 0.15) is 23.9 Å². The fourth-order valence-electron chi connectivity index (χ4n) is 2.82. The zero-order valence-electron chi connectivity index (χ0n) is 14.8. The Hall–Kier alpha value is -3.42. The molecular formula is C18H21N7O. The highest BCUT2D eigenvalue weighted by molar-refractivity contribution is 5.92. The summed E-state index contributed by atoms with van der Waals surface area (Å²) in [7, 11) is 1.87. The van der Waals surface area contributed by atoms with E-state index in [1.54, 1.807) is 27.9 Å². The molecule has 0 radical (unpaired) electrons. The molecule has 0 spiro atoms. The van der Waals surface area contributed by atoms with Crippen molar-refractivity contribution < 1.29 is 4.79 Å². The minimum Gasteiger partial charge on any atom is -0.396 e. The van der Waals surface area contributed by atoms with E-state index in [9.17, 15) is 4.79 Å². The second kappa shape index (κ2) is 7.22. The van der Waals surface area contributed by atoms with Crippen LogP contribution in [0.4, 0.5) is 16.3 Å². The van der Waals surface area contributed by atoms with Gasteiger partial charge in [0.25, 0.3) is 0 Å².